The minimum atomic E-state index is -3.92. The molecule has 0 spiro atoms. The third-order valence-electron chi connectivity index (χ3n) is 4.89. The first kappa shape index (κ1) is 20.9. The second kappa shape index (κ2) is 8.26. The standard InChI is InChI=1S/C21H25N3O4S/c1-14-11-18(28-5)19(12-15(14)2)29(25,26)23-20(21-22-9-10-24(21)3)16-7-6-8-17(13-16)27-4/h6-13,20,23H,1-5H3/t20-/m0/s1. The van der Waals surface area contributed by atoms with E-state index in [1.165, 1.54) is 7.11 Å². The molecule has 7 nitrogen and oxygen atoms in total. The van der Waals surface area contributed by atoms with Crippen molar-refractivity contribution in [1.82, 2.24) is 14.3 Å². The van der Waals surface area contributed by atoms with Crippen LogP contribution in [-0.4, -0.2) is 32.2 Å². The Morgan fingerprint density at radius 2 is 1.79 bits per heavy atom. The number of rotatable bonds is 7. The maximum absolute atomic E-state index is 13.4. The predicted octanol–water partition coefficient (Wildman–Crippen LogP) is 3.12. The van der Waals surface area contributed by atoms with Gasteiger partial charge in [0.25, 0.3) is 0 Å². The maximum atomic E-state index is 13.4. The van der Waals surface area contributed by atoms with Gasteiger partial charge in [-0.15, -0.1) is 0 Å². The topological polar surface area (TPSA) is 82.4 Å². The fourth-order valence-electron chi connectivity index (χ4n) is 3.10. The molecule has 3 aromatic rings. The van der Waals surface area contributed by atoms with Crippen molar-refractivity contribution >= 4 is 10.0 Å². The Kier molecular flexibility index (Phi) is 5.95. The summed E-state index contributed by atoms with van der Waals surface area (Å²) < 4.78 is 42.0. The Morgan fingerprint density at radius 3 is 2.41 bits per heavy atom. The summed E-state index contributed by atoms with van der Waals surface area (Å²) in [6.45, 7) is 3.78. The summed E-state index contributed by atoms with van der Waals surface area (Å²) in [5.74, 6) is 1.49. The fourth-order valence-corrected chi connectivity index (χ4v) is 4.52. The van der Waals surface area contributed by atoms with E-state index in [0.717, 1.165) is 11.1 Å². The van der Waals surface area contributed by atoms with Gasteiger partial charge in [0.15, 0.2) is 0 Å². The monoisotopic (exact) mass is 415 g/mol. The van der Waals surface area contributed by atoms with E-state index in [1.54, 1.807) is 48.3 Å². The van der Waals surface area contributed by atoms with Crippen molar-refractivity contribution in [3.05, 3.63) is 71.3 Å². The summed E-state index contributed by atoms with van der Waals surface area (Å²) in [5.41, 5.74) is 2.53. The average molecular weight is 416 g/mol. The first-order valence-electron chi connectivity index (χ1n) is 9.05. The van der Waals surface area contributed by atoms with Gasteiger partial charge in [0.2, 0.25) is 10.0 Å². The van der Waals surface area contributed by atoms with Crippen LogP contribution in [0.4, 0.5) is 0 Å². The molecule has 1 aromatic heterocycles. The summed E-state index contributed by atoms with van der Waals surface area (Å²) >= 11 is 0. The fraction of sp³-hybridized carbons (Fsp3) is 0.286. The van der Waals surface area contributed by atoms with Crippen molar-refractivity contribution in [1.29, 1.82) is 0 Å². The summed E-state index contributed by atoms with van der Waals surface area (Å²) in [5, 5.41) is 0. The van der Waals surface area contributed by atoms with Crippen LogP contribution in [0.1, 0.15) is 28.6 Å². The molecule has 0 aliphatic carbocycles. The zero-order chi connectivity index (χ0) is 21.2. The Hall–Kier alpha value is -2.84. The van der Waals surface area contributed by atoms with E-state index in [4.69, 9.17) is 9.47 Å². The van der Waals surface area contributed by atoms with Gasteiger partial charge in [-0.05, 0) is 54.8 Å². The lowest BCUT2D eigenvalue weighted by molar-refractivity contribution is 0.401. The van der Waals surface area contributed by atoms with E-state index in [-0.39, 0.29) is 4.90 Å². The van der Waals surface area contributed by atoms with Gasteiger partial charge in [-0.1, -0.05) is 12.1 Å². The molecule has 0 saturated carbocycles. The van der Waals surface area contributed by atoms with Gasteiger partial charge >= 0.3 is 0 Å². The molecule has 0 fully saturated rings. The first-order valence-corrected chi connectivity index (χ1v) is 10.5. The van der Waals surface area contributed by atoms with E-state index in [1.807, 2.05) is 33.0 Å². The molecule has 1 atom stereocenters. The van der Waals surface area contributed by atoms with Gasteiger partial charge in [-0.3, -0.25) is 0 Å². The van der Waals surface area contributed by atoms with Gasteiger partial charge in [-0.2, -0.15) is 4.72 Å². The average Bonchev–Trinajstić information content (AvgIpc) is 3.13. The van der Waals surface area contributed by atoms with E-state index in [2.05, 4.69) is 9.71 Å². The Morgan fingerprint density at radius 1 is 1.07 bits per heavy atom. The number of methoxy groups -OCH3 is 2. The highest BCUT2D eigenvalue weighted by Gasteiger charge is 2.28. The van der Waals surface area contributed by atoms with Crippen LogP contribution < -0.4 is 14.2 Å². The highest BCUT2D eigenvalue weighted by molar-refractivity contribution is 7.89. The zero-order valence-electron chi connectivity index (χ0n) is 17.1. The summed E-state index contributed by atoms with van der Waals surface area (Å²) in [6, 6.07) is 9.89. The maximum Gasteiger partial charge on any atom is 0.245 e. The minimum absolute atomic E-state index is 0.0882. The van der Waals surface area contributed by atoms with Gasteiger partial charge in [0, 0.05) is 19.4 Å². The number of ether oxygens (including phenoxy) is 2. The van der Waals surface area contributed by atoms with Crippen LogP contribution in [0.25, 0.3) is 0 Å². The smallest absolute Gasteiger partial charge is 0.245 e. The van der Waals surface area contributed by atoms with Crippen LogP contribution in [0, 0.1) is 13.8 Å². The van der Waals surface area contributed by atoms with Gasteiger partial charge in [0.05, 0.1) is 14.2 Å². The number of benzene rings is 2. The third kappa shape index (κ3) is 4.28. The van der Waals surface area contributed by atoms with Gasteiger partial charge < -0.3 is 14.0 Å². The number of hydrogen-bond acceptors (Lipinski definition) is 5. The van der Waals surface area contributed by atoms with Crippen LogP contribution in [0.2, 0.25) is 0 Å². The van der Waals surface area contributed by atoms with Crippen molar-refractivity contribution in [2.24, 2.45) is 7.05 Å². The quantitative estimate of drug-likeness (QED) is 0.641. The highest BCUT2D eigenvalue weighted by Crippen LogP contribution is 2.31. The molecule has 1 heterocycles. The lowest BCUT2D eigenvalue weighted by atomic mass is 10.1. The van der Waals surface area contributed by atoms with E-state index in [9.17, 15) is 8.42 Å². The molecule has 0 aliphatic rings. The van der Waals surface area contributed by atoms with Gasteiger partial charge in [0.1, 0.15) is 28.3 Å². The molecule has 0 radical (unpaired) electrons. The molecule has 0 amide bonds. The van der Waals surface area contributed by atoms with E-state index >= 15 is 0 Å². The van der Waals surface area contributed by atoms with E-state index in [0.29, 0.717) is 22.9 Å². The second-order valence-corrected chi connectivity index (χ2v) is 8.50. The van der Waals surface area contributed by atoms with Crippen molar-refractivity contribution < 1.29 is 17.9 Å². The lowest BCUT2D eigenvalue weighted by Gasteiger charge is -2.21. The summed E-state index contributed by atoms with van der Waals surface area (Å²) in [7, 11) is 0.927. The highest BCUT2D eigenvalue weighted by atomic mass is 32.2. The molecule has 154 valence electrons. The van der Waals surface area contributed by atoms with Crippen molar-refractivity contribution in [2.75, 3.05) is 14.2 Å². The summed E-state index contributed by atoms with van der Waals surface area (Å²) in [6.07, 6.45) is 3.40. The number of hydrogen-bond donors (Lipinski definition) is 1. The molecule has 0 unspecified atom stereocenters. The molecule has 2 aromatic carbocycles. The van der Waals surface area contributed by atoms with Crippen molar-refractivity contribution in [3.63, 3.8) is 0 Å². The number of nitrogens with zero attached hydrogens (tertiary/aromatic N) is 2. The molecule has 1 N–H and O–H groups in total. The number of aryl methyl sites for hydroxylation is 3. The Bertz CT molecular complexity index is 1120. The minimum Gasteiger partial charge on any atom is -0.497 e. The first-order chi connectivity index (χ1) is 13.8. The molecule has 0 aliphatic heterocycles. The largest absolute Gasteiger partial charge is 0.497 e. The van der Waals surface area contributed by atoms with Crippen LogP contribution >= 0.6 is 0 Å². The second-order valence-electron chi connectivity index (χ2n) is 6.81. The van der Waals surface area contributed by atoms with Gasteiger partial charge in [-0.25, -0.2) is 13.4 Å². The molecular weight excluding hydrogens is 390 g/mol. The normalized spacial score (nSPS) is 12.6. The lowest BCUT2D eigenvalue weighted by Crippen LogP contribution is -2.31. The molecular formula is C21H25N3O4S. The number of sulfonamides is 1. The number of aromatic nitrogens is 2. The molecule has 8 heteroatoms. The molecule has 0 bridgehead atoms. The summed E-state index contributed by atoms with van der Waals surface area (Å²) in [4.78, 5) is 4.45. The number of nitrogens with one attached hydrogen (secondary N) is 1. The number of imidazole rings is 1. The SMILES string of the molecule is COc1cccc([C@H](NS(=O)(=O)c2cc(C)c(C)cc2OC)c2nccn2C)c1. The zero-order valence-corrected chi connectivity index (χ0v) is 17.9. The van der Waals surface area contributed by atoms with Crippen molar-refractivity contribution in [3.8, 4) is 11.5 Å². The van der Waals surface area contributed by atoms with E-state index < -0.39 is 16.1 Å². The Labute approximate surface area is 171 Å². The molecule has 3 rings (SSSR count). The van der Waals surface area contributed by atoms with Crippen LogP contribution in [0.15, 0.2) is 53.7 Å². The van der Waals surface area contributed by atoms with Crippen LogP contribution in [0.3, 0.4) is 0 Å². The predicted molar refractivity (Wildman–Crippen MR) is 111 cm³/mol. The third-order valence-corrected chi connectivity index (χ3v) is 6.33. The van der Waals surface area contributed by atoms with Crippen LogP contribution in [-0.2, 0) is 17.1 Å². The molecule has 0 saturated heterocycles. The molecule has 29 heavy (non-hydrogen) atoms. The van der Waals surface area contributed by atoms with Crippen LogP contribution in [0.5, 0.6) is 11.5 Å². The Balaban J connectivity index is 2.11. The van der Waals surface area contributed by atoms with Crippen molar-refractivity contribution in [2.45, 2.75) is 24.8 Å².